The second-order valence-electron chi connectivity index (χ2n) is 7.07. The van der Waals surface area contributed by atoms with Crippen molar-refractivity contribution in [2.45, 2.75) is 18.2 Å². The van der Waals surface area contributed by atoms with Gasteiger partial charge in [-0.2, -0.15) is 0 Å². The van der Waals surface area contributed by atoms with E-state index in [0.717, 1.165) is 28.4 Å². The van der Waals surface area contributed by atoms with Crippen molar-refractivity contribution in [2.24, 2.45) is 0 Å². The Morgan fingerprint density at radius 3 is 2.43 bits per heavy atom. The summed E-state index contributed by atoms with van der Waals surface area (Å²) in [6.45, 7) is 1.94. The maximum atomic E-state index is 13.7. The standard InChI is InChI=1S/C24H21NO4S/c1-17-8-9-18(12-13-26)22(14-17)24-16-19-15-20(29-2)10-11-23(19)25(24)30(27,28)21-6-4-3-5-7-21/h3-11,13-16H,12H2,1-2H3. The number of carbonyl (C=O) groups is 1. The number of aryl methyl sites for hydroxylation is 1. The van der Waals surface area contributed by atoms with E-state index >= 15 is 0 Å². The van der Waals surface area contributed by atoms with E-state index in [1.807, 2.05) is 37.3 Å². The monoisotopic (exact) mass is 419 g/mol. The minimum absolute atomic E-state index is 0.198. The second kappa shape index (κ2) is 7.80. The van der Waals surface area contributed by atoms with Gasteiger partial charge in [-0.3, -0.25) is 0 Å². The Bertz CT molecular complexity index is 1340. The van der Waals surface area contributed by atoms with Gasteiger partial charge in [0.15, 0.2) is 0 Å². The van der Waals surface area contributed by atoms with Gasteiger partial charge in [-0.1, -0.05) is 35.9 Å². The molecule has 152 valence electrons. The highest BCUT2D eigenvalue weighted by molar-refractivity contribution is 7.90. The minimum Gasteiger partial charge on any atom is -0.497 e. The number of rotatable bonds is 6. The lowest BCUT2D eigenvalue weighted by Crippen LogP contribution is -2.14. The smallest absolute Gasteiger partial charge is 0.268 e. The number of carbonyl (C=O) groups excluding carboxylic acids is 1. The highest BCUT2D eigenvalue weighted by Gasteiger charge is 2.25. The first-order valence-electron chi connectivity index (χ1n) is 9.49. The van der Waals surface area contributed by atoms with Crippen LogP contribution in [0.15, 0.2) is 77.7 Å². The molecule has 4 rings (SSSR count). The van der Waals surface area contributed by atoms with Crippen LogP contribution < -0.4 is 4.74 Å². The van der Waals surface area contributed by atoms with E-state index < -0.39 is 10.0 Å². The van der Waals surface area contributed by atoms with Crippen molar-refractivity contribution in [3.05, 3.63) is 83.9 Å². The van der Waals surface area contributed by atoms with E-state index in [9.17, 15) is 13.2 Å². The van der Waals surface area contributed by atoms with Gasteiger partial charge in [-0.05, 0) is 55.0 Å². The zero-order chi connectivity index (χ0) is 21.3. The van der Waals surface area contributed by atoms with Gasteiger partial charge in [-0.25, -0.2) is 12.4 Å². The van der Waals surface area contributed by atoms with Gasteiger partial charge in [0.05, 0.1) is 23.2 Å². The summed E-state index contributed by atoms with van der Waals surface area (Å²) < 4.78 is 34.0. The van der Waals surface area contributed by atoms with Crippen molar-refractivity contribution in [3.63, 3.8) is 0 Å². The van der Waals surface area contributed by atoms with Crippen LogP contribution in [0.2, 0.25) is 0 Å². The van der Waals surface area contributed by atoms with E-state index in [0.29, 0.717) is 17.0 Å². The lowest BCUT2D eigenvalue weighted by atomic mass is 10.00. The molecule has 3 aromatic carbocycles. The first kappa shape index (κ1) is 19.9. The molecule has 0 saturated heterocycles. The number of nitrogens with zero attached hydrogens (tertiary/aromatic N) is 1. The molecular weight excluding hydrogens is 398 g/mol. The van der Waals surface area contributed by atoms with Crippen molar-refractivity contribution in [1.82, 2.24) is 3.97 Å². The van der Waals surface area contributed by atoms with Crippen LogP contribution in [0.4, 0.5) is 0 Å². The first-order valence-corrected chi connectivity index (χ1v) is 10.9. The van der Waals surface area contributed by atoms with E-state index in [4.69, 9.17) is 4.74 Å². The maximum absolute atomic E-state index is 13.7. The predicted molar refractivity (Wildman–Crippen MR) is 117 cm³/mol. The second-order valence-corrected chi connectivity index (χ2v) is 8.85. The lowest BCUT2D eigenvalue weighted by Gasteiger charge is -2.15. The molecule has 0 bridgehead atoms. The van der Waals surface area contributed by atoms with Crippen LogP contribution in [0.1, 0.15) is 11.1 Å². The van der Waals surface area contributed by atoms with Crippen LogP contribution in [0.5, 0.6) is 5.75 Å². The molecule has 1 heterocycles. The summed E-state index contributed by atoms with van der Waals surface area (Å²) in [5.74, 6) is 0.640. The summed E-state index contributed by atoms with van der Waals surface area (Å²) in [6.07, 6.45) is 1.03. The van der Waals surface area contributed by atoms with Gasteiger partial charge in [0.25, 0.3) is 10.0 Å². The zero-order valence-corrected chi connectivity index (χ0v) is 17.5. The fraction of sp³-hybridized carbons (Fsp3) is 0.125. The number of benzene rings is 3. The third-order valence-electron chi connectivity index (χ3n) is 5.09. The Kier molecular flexibility index (Phi) is 5.18. The molecule has 5 nitrogen and oxygen atoms in total. The third-order valence-corrected chi connectivity index (χ3v) is 6.83. The topological polar surface area (TPSA) is 65.4 Å². The van der Waals surface area contributed by atoms with Crippen molar-refractivity contribution in [2.75, 3.05) is 7.11 Å². The molecule has 30 heavy (non-hydrogen) atoms. The molecule has 6 heteroatoms. The van der Waals surface area contributed by atoms with E-state index in [-0.39, 0.29) is 11.3 Å². The van der Waals surface area contributed by atoms with Gasteiger partial charge >= 0.3 is 0 Å². The highest BCUT2D eigenvalue weighted by Crippen LogP contribution is 2.36. The van der Waals surface area contributed by atoms with Gasteiger partial charge in [0.1, 0.15) is 12.0 Å². The van der Waals surface area contributed by atoms with Crippen molar-refractivity contribution >= 4 is 27.2 Å². The average Bonchev–Trinajstić information content (AvgIpc) is 3.15. The molecule has 0 aliphatic heterocycles. The number of methoxy groups -OCH3 is 1. The summed E-state index contributed by atoms with van der Waals surface area (Å²) in [7, 11) is -2.31. The number of aldehydes is 1. The normalized spacial score (nSPS) is 11.5. The van der Waals surface area contributed by atoms with Crippen LogP contribution in [-0.4, -0.2) is 25.8 Å². The lowest BCUT2D eigenvalue weighted by molar-refractivity contribution is -0.107. The van der Waals surface area contributed by atoms with Crippen LogP contribution in [0.25, 0.3) is 22.2 Å². The molecule has 1 aromatic heterocycles. The van der Waals surface area contributed by atoms with Crippen LogP contribution >= 0.6 is 0 Å². The number of ether oxygens (including phenoxy) is 1. The molecule has 0 aliphatic rings. The first-order chi connectivity index (χ1) is 14.5. The molecule has 4 aromatic rings. The Labute approximate surface area is 175 Å². The van der Waals surface area contributed by atoms with E-state index in [1.165, 1.54) is 3.97 Å². The number of hydrogen-bond donors (Lipinski definition) is 0. The fourth-order valence-corrected chi connectivity index (χ4v) is 5.18. The Balaban J connectivity index is 2.10. The molecule has 0 amide bonds. The summed E-state index contributed by atoms with van der Waals surface area (Å²) in [6, 6.07) is 21.2. The van der Waals surface area contributed by atoms with Crippen LogP contribution in [0, 0.1) is 6.92 Å². The largest absolute Gasteiger partial charge is 0.497 e. The zero-order valence-electron chi connectivity index (χ0n) is 16.7. The molecule has 0 aliphatic carbocycles. The predicted octanol–water partition coefficient (Wildman–Crippen LogP) is 4.60. The Hall–Kier alpha value is -3.38. The van der Waals surface area contributed by atoms with E-state index in [1.54, 1.807) is 49.6 Å². The quantitative estimate of drug-likeness (QED) is 0.428. The van der Waals surface area contributed by atoms with Crippen molar-refractivity contribution < 1.29 is 17.9 Å². The van der Waals surface area contributed by atoms with E-state index in [2.05, 4.69) is 0 Å². The van der Waals surface area contributed by atoms with Crippen LogP contribution in [0.3, 0.4) is 0 Å². The molecule has 0 N–H and O–H groups in total. The Morgan fingerprint density at radius 1 is 0.967 bits per heavy atom. The number of fused-ring (bicyclic) bond motifs is 1. The summed E-state index contributed by atoms with van der Waals surface area (Å²) >= 11 is 0. The number of aromatic nitrogens is 1. The van der Waals surface area contributed by atoms with Gasteiger partial charge in [0.2, 0.25) is 0 Å². The van der Waals surface area contributed by atoms with Gasteiger partial charge in [-0.15, -0.1) is 0 Å². The SMILES string of the molecule is COc1ccc2c(c1)cc(-c1cc(C)ccc1CC=O)n2S(=O)(=O)c1ccccc1. The van der Waals surface area contributed by atoms with Crippen molar-refractivity contribution in [1.29, 1.82) is 0 Å². The van der Waals surface area contributed by atoms with Crippen molar-refractivity contribution in [3.8, 4) is 17.0 Å². The molecule has 0 spiro atoms. The fourth-order valence-electron chi connectivity index (χ4n) is 3.64. The van der Waals surface area contributed by atoms with Crippen LogP contribution in [-0.2, 0) is 21.2 Å². The summed E-state index contributed by atoms with van der Waals surface area (Å²) in [4.78, 5) is 11.5. The summed E-state index contributed by atoms with van der Waals surface area (Å²) in [5, 5.41) is 0.738. The molecule has 0 fully saturated rings. The molecule has 0 atom stereocenters. The number of hydrogen-bond acceptors (Lipinski definition) is 4. The maximum Gasteiger partial charge on any atom is 0.268 e. The molecule has 0 radical (unpaired) electrons. The molecule has 0 saturated carbocycles. The van der Waals surface area contributed by atoms with Gasteiger partial charge < -0.3 is 9.53 Å². The average molecular weight is 420 g/mol. The Morgan fingerprint density at radius 2 is 1.73 bits per heavy atom. The molecular formula is C24H21NO4S. The molecule has 0 unspecified atom stereocenters. The minimum atomic E-state index is -3.88. The summed E-state index contributed by atoms with van der Waals surface area (Å²) in [5.41, 5.74) is 3.54. The highest BCUT2D eigenvalue weighted by atomic mass is 32.2. The third kappa shape index (κ3) is 3.39. The van der Waals surface area contributed by atoms with Gasteiger partial charge in [0, 0.05) is 17.4 Å².